The lowest BCUT2D eigenvalue weighted by Crippen LogP contribution is -2.52. The van der Waals surface area contributed by atoms with E-state index in [1.165, 1.54) is 11.1 Å². The molecule has 1 atom stereocenters. The highest BCUT2D eigenvalue weighted by atomic mass is 16.2. The number of piperazine rings is 1. The van der Waals surface area contributed by atoms with Gasteiger partial charge in [-0.15, -0.1) is 0 Å². The number of carbonyl (C=O) groups excluding carboxylic acids is 3. The minimum absolute atomic E-state index is 0.126. The molecule has 0 saturated carbocycles. The number of piperidine rings is 1. The summed E-state index contributed by atoms with van der Waals surface area (Å²) in [4.78, 5) is 41.1. The lowest BCUT2D eigenvalue weighted by molar-refractivity contribution is -0.136. The summed E-state index contributed by atoms with van der Waals surface area (Å²) in [5.74, 6) is -0.774. The van der Waals surface area contributed by atoms with E-state index >= 15 is 0 Å². The lowest BCUT2D eigenvalue weighted by atomic mass is 10.0. The van der Waals surface area contributed by atoms with Crippen molar-refractivity contribution in [3.63, 3.8) is 0 Å². The fraction of sp³-hybridized carbons (Fsp3) is 0.423. The fourth-order valence-electron chi connectivity index (χ4n) is 5.07. The number of nitrogens with zero attached hydrogens (tertiary/aromatic N) is 2. The van der Waals surface area contributed by atoms with Gasteiger partial charge in [0.15, 0.2) is 0 Å². The van der Waals surface area contributed by atoms with Crippen molar-refractivity contribution in [2.45, 2.75) is 45.1 Å². The van der Waals surface area contributed by atoms with Crippen molar-refractivity contribution < 1.29 is 14.4 Å². The van der Waals surface area contributed by atoms with E-state index < -0.39 is 6.04 Å². The number of carbonyl (C=O) groups is 3. The molecule has 2 aromatic carbocycles. The van der Waals surface area contributed by atoms with Crippen LogP contribution in [0.5, 0.6) is 0 Å². The molecule has 3 N–H and O–H groups in total. The van der Waals surface area contributed by atoms with Gasteiger partial charge in [0, 0.05) is 64.3 Å². The second kappa shape index (κ2) is 10.0. The highest BCUT2D eigenvalue weighted by Crippen LogP contribution is 2.29. The second-order valence-corrected chi connectivity index (χ2v) is 9.30. The van der Waals surface area contributed by atoms with Gasteiger partial charge in [0.2, 0.25) is 11.8 Å². The van der Waals surface area contributed by atoms with Crippen LogP contribution in [0.4, 0.5) is 0 Å². The summed E-state index contributed by atoms with van der Waals surface area (Å²) < 4.78 is 0. The van der Waals surface area contributed by atoms with Crippen LogP contribution in [0.2, 0.25) is 0 Å². The van der Waals surface area contributed by atoms with Crippen LogP contribution in [-0.4, -0.2) is 59.7 Å². The second-order valence-electron chi connectivity index (χ2n) is 9.30. The molecule has 2 aromatic rings. The van der Waals surface area contributed by atoms with Crippen LogP contribution in [0.1, 0.15) is 45.5 Å². The number of hydrogen-bond acceptors (Lipinski definition) is 6. The molecule has 34 heavy (non-hydrogen) atoms. The van der Waals surface area contributed by atoms with E-state index in [4.69, 9.17) is 0 Å². The zero-order valence-electron chi connectivity index (χ0n) is 19.3. The molecule has 0 spiro atoms. The standard InChI is InChI=1S/C26H31N5O3/c32-23-9-8-22(25(33)29-23)31-17-21-3-1-2-20(24(21)26(31)34)15-28-14-18-4-6-19(7-5-18)16-30-12-10-27-11-13-30/h1-7,22,27-28H,8-17H2,(H,29,32,33). The molecule has 2 saturated heterocycles. The van der Waals surface area contributed by atoms with Crippen molar-refractivity contribution in [2.24, 2.45) is 0 Å². The Morgan fingerprint density at radius 2 is 1.71 bits per heavy atom. The van der Waals surface area contributed by atoms with Gasteiger partial charge in [-0.1, -0.05) is 42.5 Å². The lowest BCUT2D eigenvalue weighted by Gasteiger charge is -2.29. The van der Waals surface area contributed by atoms with Gasteiger partial charge >= 0.3 is 0 Å². The Bertz CT molecular complexity index is 1080. The number of hydrogen-bond donors (Lipinski definition) is 3. The van der Waals surface area contributed by atoms with Crippen LogP contribution in [0.15, 0.2) is 42.5 Å². The molecule has 5 rings (SSSR count). The molecule has 3 amide bonds. The first kappa shape index (κ1) is 22.7. The third-order valence-electron chi connectivity index (χ3n) is 6.92. The smallest absolute Gasteiger partial charge is 0.255 e. The van der Waals surface area contributed by atoms with Gasteiger partial charge in [-0.05, 0) is 28.7 Å². The summed E-state index contributed by atoms with van der Waals surface area (Å²) >= 11 is 0. The molecule has 0 aromatic heterocycles. The van der Waals surface area contributed by atoms with Crippen LogP contribution in [0.25, 0.3) is 0 Å². The van der Waals surface area contributed by atoms with E-state index in [1.54, 1.807) is 4.90 Å². The zero-order chi connectivity index (χ0) is 23.5. The molecule has 3 aliphatic rings. The van der Waals surface area contributed by atoms with Crippen LogP contribution in [-0.2, 0) is 35.8 Å². The van der Waals surface area contributed by atoms with Gasteiger partial charge in [0.25, 0.3) is 5.91 Å². The van der Waals surface area contributed by atoms with Crippen molar-refractivity contribution >= 4 is 17.7 Å². The Labute approximate surface area is 199 Å². The van der Waals surface area contributed by atoms with Gasteiger partial charge in [-0.2, -0.15) is 0 Å². The summed E-state index contributed by atoms with van der Waals surface area (Å²) in [6.07, 6.45) is 0.640. The summed E-state index contributed by atoms with van der Waals surface area (Å²) in [6.45, 7) is 6.95. The highest BCUT2D eigenvalue weighted by molar-refractivity contribution is 6.05. The minimum atomic E-state index is -0.585. The summed E-state index contributed by atoms with van der Waals surface area (Å²) in [7, 11) is 0. The molecule has 8 heteroatoms. The zero-order valence-corrected chi connectivity index (χ0v) is 19.3. The molecule has 0 radical (unpaired) electrons. The summed E-state index contributed by atoms with van der Waals surface area (Å²) in [5.41, 5.74) is 5.09. The van der Waals surface area contributed by atoms with Crippen molar-refractivity contribution in [1.29, 1.82) is 0 Å². The van der Waals surface area contributed by atoms with E-state index in [0.29, 0.717) is 31.6 Å². The van der Waals surface area contributed by atoms with Crippen molar-refractivity contribution in [2.75, 3.05) is 26.2 Å². The normalized spacial score (nSPS) is 21.0. The molecule has 8 nitrogen and oxygen atoms in total. The average Bonchev–Trinajstić information content (AvgIpc) is 3.18. The molecule has 0 bridgehead atoms. The third-order valence-corrected chi connectivity index (χ3v) is 6.92. The third kappa shape index (κ3) is 4.89. The van der Waals surface area contributed by atoms with Gasteiger partial charge in [0.1, 0.15) is 6.04 Å². The van der Waals surface area contributed by atoms with Crippen LogP contribution in [0.3, 0.4) is 0 Å². The maximum atomic E-state index is 13.2. The monoisotopic (exact) mass is 461 g/mol. The van der Waals surface area contributed by atoms with E-state index in [1.807, 2.05) is 18.2 Å². The van der Waals surface area contributed by atoms with E-state index in [-0.39, 0.29) is 24.1 Å². The first-order chi connectivity index (χ1) is 16.6. The molecule has 2 fully saturated rings. The molecular formula is C26H31N5O3. The van der Waals surface area contributed by atoms with E-state index in [0.717, 1.165) is 43.9 Å². The first-order valence-electron chi connectivity index (χ1n) is 12.1. The Kier molecular flexibility index (Phi) is 6.71. The molecule has 0 aliphatic carbocycles. The predicted molar refractivity (Wildman–Crippen MR) is 128 cm³/mol. The Morgan fingerprint density at radius 1 is 0.941 bits per heavy atom. The van der Waals surface area contributed by atoms with Crippen molar-refractivity contribution in [1.82, 2.24) is 25.8 Å². The topological polar surface area (TPSA) is 93.8 Å². The first-order valence-corrected chi connectivity index (χ1v) is 12.1. The van der Waals surface area contributed by atoms with Gasteiger partial charge in [0.05, 0.1) is 0 Å². The Hall–Kier alpha value is -3.07. The number of benzene rings is 2. The number of fused-ring (bicyclic) bond motifs is 1. The molecule has 1 unspecified atom stereocenters. The number of imide groups is 1. The minimum Gasteiger partial charge on any atom is -0.322 e. The Morgan fingerprint density at radius 3 is 2.47 bits per heavy atom. The fourth-order valence-corrected chi connectivity index (χ4v) is 5.07. The highest BCUT2D eigenvalue weighted by Gasteiger charge is 2.39. The van der Waals surface area contributed by atoms with Gasteiger partial charge < -0.3 is 15.5 Å². The maximum absolute atomic E-state index is 13.2. The van der Waals surface area contributed by atoms with E-state index in [2.05, 4.69) is 45.1 Å². The SMILES string of the molecule is O=C1CCC(N2Cc3cccc(CNCc4ccc(CN5CCNCC5)cc4)c3C2=O)C(=O)N1. The summed E-state index contributed by atoms with van der Waals surface area (Å²) in [5, 5.41) is 9.21. The van der Waals surface area contributed by atoms with Crippen LogP contribution >= 0.6 is 0 Å². The molecule has 3 heterocycles. The molecule has 178 valence electrons. The quantitative estimate of drug-likeness (QED) is 0.536. The average molecular weight is 462 g/mol. The predicted octanol–water partition coefficient (Wildman–Crippen LogP) is 1.14. The van der Waals surface area contributed by atoms with Crippen molar-refractivity contribution in [3.8, 4) is 0 Å². The summed E-state index contributed by atoms with van der Waals surface area (Å²) in [6, 6.07) is 14.0. The molecular weight excluding hydrogens is 430 g/mol. The Balaban J connectivity index is 1.18. The largest absolute Gasteiger partial charge is 0.322 e. The van der Waals surface area contributed by atoms with Crippen LogP contribution < -0.4 is 16.0 Å². The molecule has 3 aliphatic heterocycles. The van der Waals surface area contributed by atoms with Crippen LogP contribution in [0, 0.1) is 0 Å². The number of nitrogens with one attached hydrogen (secondary N) is 3. The van der Waals surface area contributed by atoms with Gasteiger partial charge in [-0.3, -0.25) is 24.6 Å². The number of amides is 3. The van der Waals surface area contributed by atoms with E-state index in [9.17, 15) is 14.4 Å². The number of rotatable bonds is 7. The maximum Gasteiger partial charge on any atom is 0.255 e. The van der Waals surface area contributed by atoms with Gasteiger partial charge in [-0.25, -0.2) is 0 Å². The van der Waals surface area contributed by atoms with Crippen molar-refractivity contribution in [3.05, 3.63) is 70.3 Å².